The smallest absolute Gasteiger partial charge is 0.123 e. The number of aromatic hydroxyl groups is 2. The number of nitrogens with zero attached hydrogens (tertiary/aromatic N) is 1. The Kier molecular flexibility index (Phi) is 13.1. The molecule has 0 atom stereocenters. The van der Waals surface area contributed by atoms with E-state index in [0.29, 0.717) is 11.5 Å². The Morgan fingerprint density at radius 1 is 0.590 bits per heavy atom. The van der Waals surface area contributed by atoms with Gasteiger partial charge in [-0.2, -0.15) is 0 Å². The van der Waals surface area contributed by atoms with Crippen LogP contribution in [0.25, 0.3) is 0 Å². The average Bonchev–Trinajstić information content (AvgIpc) is 2.71. The van der Waals surface area contributed by atoms with Gasteiger partial charge in [0.25, 0.3) is 0 Å². The highest BCUT2D eigenvalue weighted by molar-refractivity contribution is 5.51. The Labute approximate surface area is 247 Å². The maximum absolute atomic E-state index is 10.6. The van der Waals surface area contributed by atoms with Crippen LogP contribution in [0.4, 0.5) is 0 Å². The van der Waals surface area contributed by atoms with E-state index in [9.17, 15) is 10.2 Å². The molecule has 0 aliphatic heterocycles. The Bertz CT molecular complexity index is 993. The van der Waals surface area contributed by atoms with Crippen molar-refractivity contribution in [3.8, 4) is 11.5 Å². The topological polar surface area (TPSA) is 55.7 Å². The van der Waals surface area contributed by atoms with E-state index in [1.807, 2.05) is 0 Å². The third-order valence-electron chi connectivity index (χ3n) is 6.65. The fourth-order valence-corrected chi connectivity index (χ4v) is 4.50. The molecular weight excluding hydrogens is 504 g/mol. The Morgan fingerprint density at radius 3 is 1.10 bits per heavy atom. The molecule has 0 radical (unpaired) electrons. The van der Waals surface area contributed by atoms with Gasteiger partial charge < -0.3 is 32.8 Å². The van der Waals surface area contributed by atoms with Gasteiger partial charge in [-0.3, -0.25) is 0 Å². The second kappa shape index (κ2) is 13.7. The monoisotopic (exact) mass is 561 g/mol. The standard InChI is InChI=1S/2C17H29NO.ClH/c1-16(2,3)13-9-12(11-18(7)8)10-14(15(13)19)17(4,5)6;1-8-18-11-12-9-13(16(2,3)4)15(19)14(10-12)17(5,6)7;/h9-10,19H,11H2,1-8H3;9-10,18-19H,8,11H2,1-7H3;1H/p-1. The third kappa shape index (κ3) is 11.0. The van der Waals surface area contributed by atoms with Gasteiger partial charge in [0.15, 0.2) is 0 Å². The molecule has 4 nitrogen and oxygen atoms in total. The van der Waals surface area contributed by atoms with Gasteiger partial charge >= 0.3 is 0 Å². The predicted octanol–water partition coefficient (Wildman–Crippen LogP) is 5.15. The van der Waals surface area contributed by atoms with Crippen LogP contribution in [0.1, 0.15) is 123 Å². The van der Waals surface area contributed by atoms with E-state index in [2.05, 4.69) is 139 Å². The van der Waals surface area contributed by atoms with E-state index in [1.165, 1.54) is 11.1 Å². The molecule has 0 heterocycles. The molecule has 2 rings (SSSR count). The van der Waals surface area contributed by atoms with Crippen LogP contribution in [-0.4, -0.2) is 35.8 Å². The van der Waals surface area contributed by atoms with Crippen molar-refractivity contribution < 1.29 is 22.6 Å². The molecular formula is C34H58ClN2O2-. The Morgan fingerprint density at radius 2 is 0.872 bits per heavy atom. The number of phenols is 2. The SMILES string of the molecule is CCNCc1cc(C(C)(C)C)c(O)c(C(C)(C)C)c1.CN(C)Cc1cc(C(C)(C)C)c(O)c(C(C)(C)C)c1.[Cl-]. The summed E-state index contributed by atoms with van der Waals surface area (Å²) in [6, 6.07) is 8.55. The summed E-state index contributed by atoms with van der Waals surface area (Å²) in [4.78, 5) is 2.16. The first-order chi connectivity index (χ1) is 17.0. The van der Waals surface area contributed by atoms with Gasteiger partial charge in [-0.1, -0.05) is 114 Å². The van der Waals surface area contributed by atoms with Gasteiger partial charge in [-0.25, -0.2) is 0 Å². The number of benzene rings is 2. The molecule has 0 unspecified atom stereocenters. The lowest BCUT2D eigenvalue weighted by molar-refractivity contribution is -0.0000125. The zero-order valence-corrected chi connectivity index (χ0v) is 28.4. The van der Waals surface area contributed by atoms with Crippen LogP contribution in [0, 0.1) is 0 Å². The molecule has 0 aliphatic rings. The van der Waals surface area contributed by atoms with E-state index in [1.54, 1.807) is 0 Å². The summed E-state index contributed by atoms with van der Waals surface area (Å²) in [5.74, 6) is 0.919. The molecule has 224 valence electrons. The summed E-state index contributed by atoms with van der Waals surface area (Å²) in [6.45, 7) is 30.6. The van der Waals surface area contributed by atoms with E-state index in [4.69, 9.17) is 0 Å². The summed E-state index contributed by atoms with van der Waals surface area (Å²) >= 11 is 0. The minimum Gasteiger partial charge on any atom is -1.00 e. The zero-order valence-electron chi connectivity index (χ0n) is 27.7. The molecule has 0 fully saturated rings. The fraction of sp³-hybridized carbons (Fsp3) is 0.647. The number of hydrogen-bond donors (Lipinski definition) is 3. The molecule has 2 aromatic carbocycles. The summed E-state index contributed by atoms with van der Waals surface area (Å²) < 4.78 is 0. The first-order valence-corrected chi connectivity index (χ1v) is 14.1. The minimum atomic E-state index is -0.0493. The van der Waals surface area contributed by atoms with Crippen LogP contribution < -0.4 is 17.7 Å². The quantitative estimate of drug-likeness (QED) is 0.472. The van der Waals surface area contributed by atoms with E-state index < -0.39 is 0 Å². The molecule has 0 amide bonds. The lowest BCUT2D eigenvalue weighted by Crippen LogP contribution is -3.00. The molecule has 0 bridgehead atoms. The summed E-state index contributed by atoms with van der Waals surface area (Å²) in [7, 11) is 4.14. The fourth-order valence-electron chi connectivity index (χ4n) is 4.50. The van der Waals surface area contributed by atoms with E-state index in [-0.39, 0.29) is 34.1 Å². The van der Waals surface area contributed by atoms with Crippen molar-refractivity contribution in [2.24, 2.45) is 0 Å². The van der Waals surface area contributed by atoms with Crippen LogP contribution in [0.5, 0.6) is 11.5 Å². The molecule has 39 heavy (non-hydrogen) atoms. The number of rotatable bonds is 5. The summed E-state index contributed by atoms with van der Waals surface area (Å²) in [6.07, 6.45) is 0. The second-order valence-corrected chi connectivity index (χ2v) is 15.1. The summed E-state index contributed by atoms with van der Waals surface area (Å²) in [5, 5.41) is 24.6. The lowest BCUT2D eigenvalue weighted by Gasteiger charge is -2.28. The molecule has 0 saturated carbocycles. The molecule has 0 saturated heterocycles. The zero-order chi connectivity index (χ0) is 29.9. The Hall–Kier alpha value is -1.75. The molecule has 0 spiro atoms. The molecule has 3 N–H and O–H groups in total. The van der Waals surface area contributed by atoms with Crippen molar-refractivity contribution in [2.45, 2.75) is 125 Å². The van der Waals surface area contributed by atoms with Crippen LogP contribution in [0.15, 0.2) is 24.3 Å². The molecule has 0 aromatic heterocycles. The van der Waals surface area contributed by atoms with Gasteiger partial charge in [0, 0.05) is 13.1 Å². The highest BCUT2D eigenvalue weighted by atomic mass is 35.5. The van der Waals surface area contributed by atoms with Crippen molar-refractivity contribution in [1.82, 2.24) is 10.2 Å². The van der Waals surface area contributed by atoms with Crippen LogP contribution >= 0.6 is 0 Å². The number of nitrogens with one attached hydrogen (secondary N) is 1. The second-order valence-electron chi connectivity index (χ2n) is 15.1. The maximum Gasteiger partial charge on any atom is 0.123 e. The first kappa shape index (κ1) is 37.2. The van der Waals surface area contributed by atoms with Gasteiger partial charge in [-0.05, 0) is 75.7 Å². The van der Waals surface area contributed by atoms with Gasteiger partial charge in [0.2, 0.25) is 0 Å². The van der Waals surface area contributed by atoms with Gasteiger partial charge in [0.1, 0.15) is 11.5 Å². The molecule has 5 heteroatoms. The Balaban J connectivity index is 0.000000722. The maximum atomic E-state index is 10.6. The predicted molar refractivity (Wildman–Crippen MR) is 166 cm³/mol. The van der Waals surface area contributed by atoms with Crippen molar-refractivity contribution in [3.63, 3.8) is 0 Å². The number of halogens is 1. The van der Waals surface area contributed by atoms with Crippen LogP contribution in [0.3, 0.4) is 0 Å². The van der Waals surface area contributed by atoms with Crippen LogP contribution in [-0.2, 0) is 34.7 Å². The van der Waals surface area contributed by atoms with Crippen LogP contribution in [0.2, 0.25) is 0 Å². The van der Waals surface area contributed by atoms with Crippen molar-refractivity contribution in [1.29, 1.82) is 0 Å². The van der Waals surface area contributed by atoms with Gasteiger partial charge in [-0.15, -0.1) is 0 Å². The highest BCUT2D eigenvalue weighted by Crippen LogP contribution is 2.41. The van der Waals surface area contributed by atoms with E-state index >= 15 is 0 Å². The highest BCUT2D eigenvalue weighted by Gasteiger charge is 2.27. The molecule has 2 aromatic rings. The van der Waals surface area contributed by atoms with Gasteiger partial charge in [0.05, 0.1) is 0 Å². The number of hydrogen-bond acceptors (Lipinski definition) is 4. The summed E-state index contributed by atoms with van der Waals surface area (Å²) in [5.41, 5.74) is 6.46. The lowest BCUT2D eigenvalue weighted by atomic mass is 9.78. The van der Waals surface area contributed by atoms with Crippen molar-refractivity contribution >= 4 is 0 Å². The van der Waals surface area contributed by atoms with Crippen molar-refractivity contribution in [2.75, 3.05) is 20.6 Å². The third-order valence-corrected chi connectivity index (χ3v) is 6.65. The first-order valence-electron chi connectivity index (χ1n) is 14.1. The normalized spacial score (nSPS) is 12.6. The van der Waals surface area contributed by atoms with Crippen molar-refractivity contribution in [3.05, 3.63) is 57.6 Å². The average molecular weight is 562 g/mol. The largest absolute Gasteiger partial charge is 1.00 e. The molecule has 0 aliphatic carbocycles. The van der Waals surface area contributed by atoms with E-state index in [0.717, 1.165) is 41.9 Å². The number of phenolic OH excluding ortho intramolecular Hbond substituents is 2. The minimum absolute atomic E-state index is 0.